The summed E-state index contributed by atoms with van der Waals surface area (Å²) >= 11 is 0. The summed E-state index contributed by atoms with van der Waals surface area (Å²) in [4.78, 5) is 26.1. The largest absolute Gasteiger partial charge is 0.327 e. The number of nitrogens with zero attached hydrogens (tertiary/aromatic N) is 1. The zero-order valence-corrected chi connectivity index (χ0v) is 14.6. The lowest BCUT2D eigenvalue weighted by Gasteiger charge is -2.37. The molecule has 23 heavy (non-hydrogen) atoms. The van der Waals surface area contributed by atoms with E-state index < -0.39 is 0 Å². The number of hydrogen-bond acceptors (Lipinski definition) is 4. The molecule has 1 saturated heterocycles. The Labute approximate surface area is 144 Å². The lowest BCUT2D eigenvalue weighted by molar-refractivity contribution is -0.118. The van der Waals surface area contributed by atoms with Gasteiger partial charge < -0.3 is 11.1 Å². The maximum absolute atomic E-state index is 12.3. The number of piperidine rings is 1. The van der Waals surface area contributed by atoms with Crippen molar-refractivity contribution in [2.75, 3.05) is 18.4 Å². The highest BCUT2D eigenvalue weighted by atomic mass is 35.5. The maximum atomic E-state index is 12.3. The Kier molecular flexibility index (Phi) is 7.68. The predicted octanol–water partition coefficient (Wildman–Crippen LogP) is 2.45. The fourth-order valence-corrected chi connectivity index (χ4v) is 3.08. The van der Waals surface area contributed by atoms with Crippen molar-refractivity contribution in [2.45, 2.75) is 45.2 Å². The number of nitrogens with one attached hydrogen (secondary N) is 1. The molecule has 0 bridgehead atoms. The van der Waals surface area contributed by atoms with E-state index in [-0.39, 0.29) is 36.2 Å². The van der Waals surface area contributed by atoms with Crippen LogP contribution in [0.15, 0.2) is 24.3 Å². The summed E-state index contributed by atoms with van der Waals surface area (Å²) in [5.74, 6) is -0.149. The summed E-state index contributed by atoms with van der Waals surface area (Å²) in [6, 6.07) is 7.40. The lowest BCUT2D eigenvalue weighted by atomic mass is 9.97. The molecule has 2 unspecified atom stereocenters. The normalized spacial score (nSPS) is 19.5. The first kappa shape index (κ1) is 19.6. The van der Waals surface area contributed by atoms with Crippen molar-refractivity contribution in [1.29, 1.82) is 0 Å². The number of likely N-dealkylation sites (tertiary alicyclic amines) is 1. The third-order valence-electron chi connectivity index (χ3n) is 4.20. The Bertz CT molecular complexity index is 548. The number of rotatable bonds is 5. The van der Waals surface area contributed by atoms with Gasteiger partial charge >= 0.3 is 0 Å². The molecule has 1 aliphatic rings. The number of halogens is 1. The third-order valence-corrected chi connectivity index (χ3v) is 4.20. The van der Waals surface area contributed by atoms with Crippen LogP contribution in [0, 0.1) is 0 Å². The molecule has 1 aliphatic heterocycles. The van der Waals surface area contributed by atoms with E-state index in [9.17, 15) is 9.59 Å². The number of hydrogen-bond donors (Lipinski definition) is 2. The van der Waals surface area contributed by atoms with Gasteiger partial charge in [0.1, 0.15) is 0 Å². The fraction of sp³-hybridized carbons (Fsp3) is 0.529. The average molecular weight is 340 g/mol. The summed E-state index contributed by atoms with van der Waals surface area (Å²) in [7, 11) is 0. The Hall–Kier alpha value is -1.43. The quantitative estimate of drug-likeness (QED) is 0.808. The molecule has 0 radical (unpaired) electrons. The number of carbonyl (C=O) groups excluding carboxylic acids is 2. The van der Waals surface area contributed by atoms with E-state index >= 15 is 0 Å². The van der Waals surface area contributed by atoms with Crippen LogP contribution in [-0.4, -0.2) is 41.8 Å². The second-order valence-electron chi connectivity index (χ2n) is 6.04. The van der Waals surface area contributed by atoms with Crippen molar-refractivity contribution in [2.24, 2.45) is 5.73 Å². The topological polar surface area (TPSA) is 75.4 Å². The number of Topliss-reactive ketones (excluding diaryl/α,β-unsaturated/α-hetero) is 1. The van der Waals surface area contributed by atoms with Gasteiger partial charge in [0.15, 0.2) is 5.78 Å². The first-order chi connectivity index (χ1) is 10.5. The van der Waals surface area contributed by atoms with Gasteiger partial charge in [0.25, 0.3) is 0 Å². The number of benzene rings is 1. The molecule has 1 aromatic carbocycles. The number of carbonyl (C=O) groups is 2. The highest BCUT2D eigenvalue weighted by molar-refractivity contribution is 6.04. The van der Waals surface area contributed by atoms with Gasteiger partial charge in [-0.15, -0.1) is 12.4 Å². The fourth-order valence-electron chi connectivity index (χ4n) is 3.08. The molecule has 6 heteroatoms. The maximum Gasteiger partial charge on any atom is 0.238 e. The van der Waals surface area contributed by atoms with Crippen LogP contribution in [0.1, 0.15) is 43.5 Å². The molecule has 128 valence electrons. The van der Waals surface area contributed by atoms with Gasteiger partial charge in [0.2, 0.25) is 5.91 Å². The molecule has 2 rings (SSSR count). The van der Waals surface area contributed by atoms with Gasteiger partial charge in [-0.2, -0.15) is 0 Å². The summed E-state index contributed by atoms with van der Waals surface area (Å²) in [5.41, 5.74) is 7.15. The first-order valence-electron chi connectivity index (χ1n) is 7.88. The van der Waals surface area contributed by atoms with Crippen LogP contribution in [-0.2, 0) is 4.79 Å². The molecular formula is C17H26ClN3O2. The van der Waals surface area contributed by atoms with Gasteiger partial charge in [-0.3, -0.25) is 14.5 Å². The number of ketones is 1. The molecule has 1 fully saturated rings. The molecule has 1 heterocycles. The lowest BCUT2D eigenvalue weighted by Crippen LogP contribution is -2.51. The minimum Gasteiger partial charge on any atom is -0.327 e. The second-order valence-corrected chi connectivity index (χ2v) is 6.04. The van der Waals surface area contributed by atoms with Crippen LogP contribution in [0.4, 0.5) is 5.69 Å². The predicted molar refractivity (Wildman–Crippen MR) is 95.2 cm³/mol. The molecular weight excluding hydrogens is 314 g/mol. The van der Waals surface area contributed by atoms with Crippen molar-refractivity contribution in [1.82, 2.24) is 4.90 Å². The summed E-state index contributed by atoms with van der Waals surface area (Å²) in [6.07, 6.45) is 3.30. The van der Waals surface area contributed by atoms with E-state index in [2.05, 4.69) is 10.2 Å². The summed E-state index contributed by atoms with van der Waals surface area (Å²) in [5, 5.41) is 2.86. The zero-order valence-electron chi connectivity index (χ0n) is 13.7. The van der Waals surface area contributed by atoms with Crippen LogP contribution in [0.5, 0.6) is 0 Å². The Morgan fingerprint density at radius 2 is 2.04 bits per heavy atom. The Morgan fingerprint density at radius 1 is 1.35 bits per heavy atom. The minimum absolute atomic E-state index is 0. The number of amides is 1. The molecule has 0 aliphatic carbocycles. The van der Waals surface area contributed by atoms with Crippen molar-refractivity contribution in [3.8, 4) is 0 Å². The van der Waals surface area contributed by atoms with E-state index in [1.165, 1.54) is 6.92 Å². The van der Waals surface area contributed by atoms with E-state index in [1.807, 2.05) is 13.0 Å². The van der Waals surface area contributed by atoms with Gasteiger partial charge in [-0.05, 0) is 45.4 Å². The van der Waals surface area contributed by atoms with Crippen molar-refractivity contribution < 1.29 is 9.59 Å². The number of anilines is 1. The monoisotopic (exact) mass is 339 g/mol. The molecule has 3 N–H and O–H groups in total. The van der Waals surface area contributed by atoms with E-state index in [0.29, 0.717) is 17.8 Å². The minimum atomic E-state index is -0.0961. The molecule has 1 aromatic rings. The number of nitrogens with two attached hydrogens (primary N) is 1. The molecule has 5 nitrogen and oxygen atoms in total. The van der Waals surface area contributed by atoms with Gasteiger partial charge in [0.05, 0.1) is 12.2 Å². The highest BCUT2D eigenvalue weighted by Crippen LogP contribution is 2.20. The third kappa shape index (κ3) is 5.30. The van der Waals surface area contributed by atoms with Crippen molar-refractivity contribution in [3.05, 3.63) is 29.8 Å². The SMILES string of the molecule is CC(=O)c1ccccc1NC(=O)CN1CCCCC1C(C)N.Cl. The van der Waals surface area contributed by atoms with Crippen LogP contribution in [0.25, 0.3) is 0 Å². The van der Waals surface area contributed by atoms with Crippen LogP contribution < -0.4 is 11.1 Å². The summed E-state index contributed by atoms with van der Waals surface area (Å²) < 4.78 is 0. The van der Waals surface area contributed by atoms with Crippen LogP contribution >= 0.6 is 12.4 Å². The standard InChI is InChI=1S/C17H25N3O2.ClH/c1-12(18)16-9-5-6-10-20(16)11-17(22)19-15-8-4-3-7-14(15)13(2)21;/h3-4,7-8,12,16H,5-6,9-11,18H2,1-2H3,(H,19,22);1H. The van der Waals surface area contributed by atoms with Gasteiger partial charge in [-0.1, -0.05) is 18.6 Å². The highest BCUT2D eigenvalue weighted by Gasteiger charge is 2.27. The second kappa shape index (κ2) is 9.01. The van der Waals surface area contributed by atoms with Gasteiger partial charge in [0, 0.05) is 17.6 Å². The average Bonchev–Trinajstić information content (AvgIpc) is 2.47. The molecule has 0 saturated carbocycles. The van der Waals surface area contributed by atoms with Gasteiger partial charge in [-0.25, -0.2) is 0 Å². The Morgan fingerprint density at radius 3 is 2.70 bits per heavy atom. The molecule has 0 aromatic heterocycles. The van der Waals surface area contributed by atoms with Crippen molar-refractivity contribution in [3.63, 3.8) is 0 Å². The van der Waals surface area contributed by atoms with E-state index in [4.69, 9.17) is 5.73 Å². The smallest absolute Gasteiger partial charge is 0.238 e. The molecule has 1 amide bonds. The zero-order chi connectivity index (χ0) is 16.1. The van der Waals surface area contributed by atoms with E-state index in [0.717, 1.165) is 25.8 Å². The van der Waals surface area contributed by atoms with Crippen LogP contribution in [0.2, 0.25) is 0 Å². The molecule has 2 atom stereocenters. The first-order valence-corrected chi connectivity index (χ1v) is 7.88. The number of para-hydroxylation sites is 1. The molecule has 0 spiro atoms. The Balaban J connectivity index is 0.00000264. The summed E-state index contributed by atoms with van der Waals surface area (Å²) in [6.45, 7) is 4.71. The van der Waals surface area contributed by atoms with E-state index in [1.54, 1.807) is 18.2 Å². The van der Waals surface area contributed by atoms with Crippen molar-refractivity contribution >= 4 is 29.8 Å². The van der Waals surface area contributed by atoms with Crippen LogP contribution in [0.3, 0.4) is 0 Å².